The van der Waals surface area contributed by atoms with Crippen molar-refractivity contribution in [2.75, 3.05) is 5.75 Å². The highest BCUT2D eigenvalue weighted by Crippen LogP contribution is 2.05. The molecule has 0 saturated carbocycles. The maximum atomic E-state index is 4.04. The van der Waals surface area contributed by atoms with Gasteiger partial charge in [-0.15, -0.1) is 0 Å². The summed E-state index contributed by atoms with van der Waals surface area (Å²) in [6.45, 7) is 4.17. The minimum absolute atomic E-state index is 1.18. The molecule has 9 heavy (non-hydrogen) atoms. The van der Waals surface area contributed by atoms with Crippen molar-refractivity contribution < 1.29 is 0 Å². The summed E-state index contributed by atoms with van der Waals surface area (Å²) >= 11 is 1.66. The van der Waals surface area contributed by atoms with E-state index in [1.807, 2.05) is 13.1 Å². The topological polar surface area (TPSA) is 12.4 Å². The van der Waals surface area contributed by atoms with Crippen LogP contribution < -0.4 is 0 Å². The van der Waals surface area contributed by atoms with Crippen molar-refractivity contribution in [1.29, 1.82) is 0 Å². The van der Waals surface area contributed by atoms with Crippen molar-refractivity contribution in [3.05, 3.63) is 0 Å². The Balaban J connectivity index is 2.75. The van der Waals surface area contributed by atoms with Crippen LogP contribution in [0, 0.1) is 0 Å². The molecule has 0 rings (SSSR count). The number of hydrogen-bond donors (Lipinski definition) is 0. The van der Waals surface area contributed by atoms with Crippen LogP contribution in [0.3, 0.4) is 0 Å². The van der Waals surface area contributed by atoms with Crippen molar-refractivity contribution >= 4 is 18.2 Å². The lowest BCUT2D eigenvalue weighted by molar-refractivity contribution is 0.779. The molecule has 54 valence electrons. The Bertz CT molecular complexity index is 71.3. The summed E-state index contributed by atoms with van der Waals surface area (Å²) in [7, 11) is 0. The highest BCUT2D eigenvalue weighted by atomic mass is 32.2. The zero-order chi connectivity index (χ0) is 6.95. The Kier molecular flexibility index (Phi) is 8.04. The highest BCUT2D eigenvalue weighted by Gasteiger charge is 1.83. The first-order chi connectivity index (χ1) is 4.41. The van der Waals surface area contributed by atoms with Gasteiger partial charge in [0.1, 0.15) is 0 Å². The van der Waals surface area contributed by atoms with Crippen LogP contribution in [-0.2, 0) is 0 Å². The second kappa shape index (κ2) is 8.02. The normalized spacial score (nSPS) is 10.9. The van der Waals surface area contributed by atoms with Gasteiger partial charge in [0.15, 0.2) is 0 Å². The molecular formula is C7H15NS. The largest absolute Gasteiger partial charge is 0.229 e. The van der Waals surface area contributed by atoms with Crippen molar-refractivity contribution in [3.8, 4) is 0 Å². The number of rotatable bonds is 5. The Hall–Kier alpha value is 0.0200. The molecule has 0 fully saturated rings. The number of unbranched alkanes of at least 4 members (excludes halogenated alkanes) is 2. The Morgan fingerprint density at radius 2 is 2.22 bits per heavy atom. The van der Waals surface area contributed by atoms with Crippen LogP contribution in [0.15, 0.2) is 4.40 Å². The average molecular weight is 145 g/mol. The summed E-state index contributed by atoms with van der Waals surface area (Å²) < 4.78 is 4.04. The third kappa shape index (κ3) is 8.02. The predicted molar refractivity (Wildman–Crippen MR) is 46.1 cm³/mol. The summed E-state index contributed by atoms with van der Waals surface area (Å²) in [5.74, 6) is 1.18. The lowest BCUT2D eigenvalue weighted by Gasteiger charge is -1.91. The summed E-state index contributed by atoms with van der Waals surface area (Å²) in [5, 5.41) is 0. The van der Waals surface area contributed by atoms with Crippen molar-refractivity contribution in [2.24, 2.45) is 4.40 Å². The van der Waals surface area contributed by atoms with Crippen LogP contribution in [0.1, 0.15) is 33.1 Å². The van der Waals surface area contributed by atoms with Gasteiger partial charge in [-0.1, -0.05) is 19.8 Å². The van der Waals surface area contributed by atoms with Crippen LogP contribution in [0.4, 0.5) is 0 Å². The highest BCUT2D eigenvalue weighted by molar-refractivity contribution is 7.98. The summed E-state index contributed by atoms with van der Waals surface area (Å²) in [4.78, 5) is 0. The molecule has 0 unspecified atom stereocenters. The number of nitrogens with zero attached hydrogens (tertiary/aromatic N) is 1. The van der Waals surface area contributed by atoms with E-state index in [1.54, 1.807) is 11.9 Å². The number of hydrogen-bond acceptors (Lipinski definition) is 2. The standard InChI is InChI=1S/C7H15NS/c1-3-5-6-7-9-8-4-2/h4H,3,5-7H2,1-2H3/b8-4-. The van der Waals surface area contributed by atoms with Gasteiger partial charge in [-0.2, -0.15) is 0 Å². The quantitative estimate of drug-likeness (QED) is 0.329. The molecule has 0 atom stereocenters. The van der Waals surface area contributed by atoms with Gasteiger partial charge in [-0.25, -0.2) is 4.40 Å². The molecule has 0 aromatic rings. The van der Waals surface area contributed by atoms with Crippen LogP contribution in [0.25, 0.3) is 0 Å². The average Bonchev–Trinajstić information content (AvgIpc) is 1.89. The summed E-state index contributed by atoms with van der Waals surface area (Å²) in [6, 6.07) is 0. The van der Waals surface area contributed by atoms with E-state index in [1.165, 1.54) is 25.0 Å². The fourth-order valence-electron chi connectivity index (χ4n) is 0.544. The molecule has 1 nitrogen and oxygen atoms in total. The van der Waals surface area contributed by atoms with E-state index < -0.39 is 0 Å². The second-order valence-electron chi connectivity index (χ2n) is 1.90. The van der Waals surface area contributed by atoms with E-state index in [0.717, 1.165) is 0 Å². The van der Waals surface area contributed by atoms with E-state index in [-0.39, 0.29) is 0 Å². The van der Waals surface area contributed by atoms with Gasteiger partial charge in [-0.3, -0.25) is 0 Å². The molecule has 0 bridgehead atoms. The Morgan fingerprint density at radius 3 is 2.78 bits per heavy atom. The lowest BCUT2D eigenvalue weighted by atomic mass is 10.3. The molecule has 0 aliphatic heterocycles. The molecule has 2 heteroatoms. The summed E-state index contributed by atoms with van der Waals surface area (Å²) in [6.07, 6.45) is 5.79. The van der Waals surface area contributed by atoms with Gasteiger partial charge in [0.25, 0.3) is 0 Å². The molecule has 0 radical (unpaired) electrons. The van der Waals surface area contributed by atoms with Gasteiger partial charge in [0, 0.05) is 12.0 Å². The molecule has 0 spiro atoms. The first-order valence-electron chi connectivity index (χ1n) is 3.51. The third-order valence-corrected chi connectivity index (χ3v) is 1.85. The smallest absolute Gasteiger partial charge is 0.0153 e. The molecular weight excluding hydrogens is 130 g/mol. The fraction of sp³-hybridized carbons (Fsp3) is 0.857. The van der Waals surface area contributed by atoms with Crippen LogP contribution in [0.5, 0.6) is 0 Å². The molecule has 0 saturated heterocycles. The van der Waals surface area contributed by atoms with Gasteiger partial charge in [0.05, 0.1) is 0 Å². The molecule has 0 N–H and O–H groups in total. The van der Waals surface area contributed by atoms with E-state index in [4.69, 9.17) is 0 Å². The van der Waals surface area contributed by atoms with E-state index in [2.05, 4.69) is 11.3 Å². The van der Waals surface area contributed by atoms with Crippen molar-refractivity contribution in [2.45, 2.75) is 33.1 Å². The zero-order valence-corrected chi connectivity index (χ0v) is 7.08. The SMILES string of the molecule is C/C=N\SCCCCC. The van der Waals surface area contributed by atoms with Gasteiger partial charge >= 0.3 is 0 Å². The lowest BCUT2D eigenvalue weighted by Crippen LogP contribution is -1.75. The van der Waals surface area contributed by atoms with E-state index in [0.29, 0.717) is 0 Å². The maximum absolute atomic E-state index is 4.04. The fourth-order valence-corrected chi connectivity index (χ4v) is 1.13. The van der Waals surface area contributed by atoms with Crippen molar-refractivity contribution in [3.63, 3.8) is 0 Å². The van der Waals surface area contributed by atoms with Gasteiger partial charge < -0.3 is 0 Å². The molecule has 0 amide bonds. The Labute approximate surface area is 62.1 Å². The molecule has 0 aliphatic carbocycles. The molecule has 0 aromatic heterocycles. The monoisotopic (exact) mass is 145 g/mol. The third-order valence-electron chi connectivity index (χ3n) is 1.02. The molecule has 0 aliphatic rings. The first kappa shape index (κ1) is 9.02. The maximum Gasteiger partial charge on any atom is 0.0153 e. The summed E-state index contributed by atoms with van der Waals surface area (Å²) in [5.41, 5.74) is 0. The second-order valence-corrected chi connectivity index (χ2v) is 2.78. The first-order valence-corrected chi connectivity index (χ1v) is 4.46. The van der Waals surface area contributed by atoms with Crippen molar-refractivity contribution in [1.82, 2.24) is 0 Å². The van der Waals surface area contributed by atoms with Crippen LogP contribution >= 0.6 is 11.9 Å². The van der Waals surface area contributed by atoms with Gasteiger partial charge in [0.2, 0.25) is 0 Å². The minimum Gasteiger partial charge on any atom is -0.229 e. The van der Waals surface area contributed by atoms with E-state index >= 15 is 0 Å². The van der Waals surface area contributed by atoms with Crippen LogP contribution in [0.2, 0.25) is 0 Å². The predicted octanol–water partition coefficient (Wildman–Crippen LogP) is 2.92. The molecule has 0 heterocycles. The Morgan fingerprint density at radius 1 is 1.44 bits per heavy atom. The molecule has 0 aromatic carbocycles. The van der Waals surface area contributed by atoms with Gasteiger partial charge in [-0.05, 0) is 25.3 Å². The van der Waals surface area contributed by atoms with Crippen LogP contribution in [-0.4, -0.2) is 12.0 Å². The van der Waals surface area contributed by atoms with E-state index in [9.17, 15) is 0 Å². The zero-order valence-electron chi connectivity index (χ0n) is 6.26. The minimum atomic E-state index is 1.18.